The lowest BCUT2D eigenvalue weighted by Crippen LogP contribution is -2.53. The summed E-state index contributed by atoms with van der Waals surface area (Å²) in [6.45, 7) is 18.2. The van der Waals surface area contributed by atoms with Gasteiger partial charge in [0.1, 0.15) is 5.75 Å². The lowest BCUT2D eigenvalue weighted by atomic mass is 9.83. The van der Waals surface area contributed by atoms with Crippen molar-refractivity contribution in [1.82, 2.24) is 45.3 Å². The quantitative estimate of drug-likeness (QED) is 0.0299. The Bertz CT molecular complexity index is 4920. The number of halogens is 7. The number of urea groups is 3. The minimum atomic E-state index is -4.39. The number of nitrogens with zero attached hydrogens (tertiary/aromatic N) is 6. The number of hydrogen-bond donors (Lipinski definition) is 6. The smallest absolute Gasteiger partial charge is 0.416 e. The third-order valence-corrected chi connectivity index (χ3v) is 29.9. The minimum absolute atomic E-state index is 0. The molecule has 25 heteroatoms. The number of aryl methyl sites for hydroxylation is 1. The minimum Gasteiger partial charge on any atom is -0.497 e. The Balaban J connectivity index is 0.000000171. The lowest BCUT2D eigenvalue weighted by molar-refractivity contribution is -0.137. The zero-order valence-electron chi connectivity index (χ0n) is 77.3. The standard InChI is InChI=1S/C28H37N3O2.C27H37N3O2.C26H31Cl2F3N4O.C26H32Cl2N2O.2H2/c1-21(32)24-11-7-12-26(19-24)29-28(33)30-27-13-6-5-10-25(27)20-31-16-14-23(15-17-31)18-22-8-3-2-4-9-22;1-32-25-12-7-11-24(19-25)28-27(31)29-26-13-6-5-10-23(26)20-30-16-14-22(15-17-30)18-21-8-3-2-4-9-21;27-20-14-21(28)16-22(15-20)33-25(36)32-17-24(18-6-8-19(9-7-18)26(29,30)31)35-12-10-34(11-13-35)23-4-2-1-3-5-23;1-19-5-2-3-6-21(19)18-25(31)30-15-11-23(12-16-30)29-13-9-20(10-14-29)17-22-7-4-8-24(27)26(22)28;;/h2-4,7-9,11-12,19,23,25,27H,5-6,10,13-18,20H2,1H3,(H2,29,30,33);2-4,7-9,11-12,19,22-23,26H,5-6,10,13-18,20H2,1H3,(H2,28,29,31);6-9,14-16,23-24H,1-5,10-13,17H2,(H2,32,33,36);2-8,20,23H,9-18H2,1H3;2*1H/t25-,27+;;;;;/m0...../s1. The number of methoxy groups -OCH3 is 1. The molecular weight excluding hydrogens is 1750 g/mol. The number of likely N-dealkylation sites (tertiary alicyclic amines) is 4. The van der Waals surface area contributed by atoms with Gasteiger partial charge in [-0.05, 0) is 286 Å². The van der Waals surface area contributed by atoms with Crippen LogP contribution >= 0.6 is 46.4 Å². The summed E-state index contributed by atoms with van der Waals surface area (Å²) in [6.07, 6.45) is 24.9. The van der Waals surface area contributed by atoms with Crippen LogP contribution in [-0.4, -0.2) is 189 Å². The fourth-order valence-electron chi connectivity index (χ4n) is 21.0. The molecule has 5 heterocycles. The van der Waals surface area contributed by atoms with Crippen LogP contribution in [0.3, 0.4) is 0 Å². The van der Waals surface area contributed by atoms with E-state index in [2.05, 4.69) is 147 Å². The van der Waals surface area contributed by atoms with E-state index >= 15 is 0 Å². The maximum absolute atomic E-state index is 13.1. The van der Waals surface area contributed by atoms with Crippen molar-refractivity contribution in [3.63, 3.8) is 0 Å². The third kappa shape index (κ3) is 31.7. The van der Waals surface area contributed by atoms with E-state index in [1.54, 1.807) is 43.5 Å². The lowest BCUT2D eigenvalue weighted by Gasteiger charge is -2.43. The Kier molecular flexibility index (Phi) is 39.1. The first-order chi connectivity index (χ1) is 63.9. The number of carbonyl (C=O) groups is 5. The van der Waals surface area contributed by atoms with E-state index in [1.807, 2.05) is 54.6 Å². The highest BCUT2D eigenvalue weighted by atomic mass is 35.5. The molecule has 8 aromatic carbocycles. The molecule has 132 heavy (non-hydrogen) atoms. The number of carbonyl (C=O) groups excluding carboxylic acids is 5. The molecule has 0 radical (unpaired) electrons. The Labute approximate surface area is 804 Å². The molecule has 5 atom stereocenters. The summed E-state index contributed by atoms with van der Waals surface area (Å²) < 4.78 is 44.6. The van der Waals surface area contributed by atoms with Crippen molar-refractivity contribution in [3.05, 3.63) is 259 Å². The number of benzene rings is 8. The average molecular weight is 1890 g/mol. The predicted octanol–water partition coefficient (Wildman–Crippen LogP) is 24.0. The molecule has 3 aliphatic carbocycles. The van der Waals surface area contributed by atoms with Crippen LogP contribution in [-0.2, 0) is 36.7 Å². The Morgan fingerprint density at radius 3 is 1.49 bits per heavy atom. The van der Waals surface area contributed by atoms with E-state index in [9.17, 15) is 37.1 Å². The molecule has 8 aliphatic rings. The Morgan fingerprint density at radius 2 is 0.939 bits per heavy atom. The first-order valence-corrected chi connectivity index (χ1v) is 50.1. The second-order valence-corrected chi connectivity index (χ2v) is 39.5. The van der Waals surface area contributed by atoms with Crippen molar-refractivity contribution in [1.29, 1.82) is 0 Å². The van der Waals surface area contributed by atoms with Gasteiger partial charge in [-0.2, -0.15) is 13.2 Å². The van der Waals surface area contributed by atoms with Crippen LogP contribution in [0.25, 0.3) is 0 Å². The molecule has 3 saturated carbocycles. The van der Waals surface area contributed by atoms with Gasteiger partial charge in [-0.3, -0.25) is 19.4 Å². The maximum atomic E-state index is 13.1. The number of piperazine rings is 1. The van der Waals surface area contributed by atoms with E-state index in [0.717, 1.165) is 157 Å². The molecular formula is C107H141Cl4F3N12O6. The van der Waals surface area contributed by atoms with Crippen LogP contribution in [0.4, 0.5) is 44.6 Å². The number of ketones is 1. The number of anilines is 3. The Morgan fingerprint density at radius 1 is 0.455 bits per heavy atom. The van der Waals surface area contributed by atoms with Crippen LogP contribution in [0.1, 0.15) is 200 Å². The zero-order valence-corrected chi connectivity index (χ0v) is 80.3. The van der Waals surface area contributed by atoms with Gasteiger partial charge in [0.15, 0.2) is 5.78 Å². The van der Waals surface area contributed by atoms with Crippen LogP contribution in [0.5, 0.6) is 5.75 Å². The number of hydrogen-bond acceptors (Lipinski definition) is 11. The normalized spacial score (nSPS) is 20.6. The van der Waals surface area contributed by atoms with Gasteiger partial charge in [0, 0.05) is 125 Å². The first kappa shape index (κ1) is 101. The predicted molar refractivity (Wildman–Crippen MR) is 535 cm³/mol. The van der Waals surface area contributed by atoms with Gasteiger partial charge in [0.2, 0.25) is 5.91 Å². The molecule has 8 aromatic rings. The second kappa shape index (κ2) is 51.3. The molecule has 5 aliphatic heterocycles. The summed E-state index contributed by atoms with van der Waals surface area (Å²) in [7, 11) is 1.64. The summed E-state index contributed by atoms with van der Waals surface area (Å²) in [5, 5.41) is 20.2. The van der Waals surface area contributed by atoms with E-state index in [4.69, 9.17) is 51.1 Å². The molecule has 8 fully saturated rings. The Hall–Kier alpha value is -8.74. The topological polar surface area (TPSA) is 186 Å². The highest BCUT2D eigenvalue weighted by Gasteiger charge is 2.37. The second-order valence-electron chi connectivity index (χ2n) is 37.8. The number of Topliss-reactive ketones (excluding diaryl/α,β-unsaturated/α-hetero) is 1. The molecule has 6 N–H and O–H groups in total. The number of nitrogens with one attached hydrogen (secondary N) is 6. The van der Waals surface area contributed by atoms with Crippen molar-refractivity contribution in [3.8, 4) is 5.75 Å². The molecule has 16 rings (SSSR count). The van der Waals surface area contributed by atoms with Gasteiger partial charge in [0.25, 0.3) is 0 Å². The van der Waals surface area contributed by atoms with Crippen molar-refractivity contribution >= 4 is 93.2 Å². The number of rotatable bonds is 25. The summed E-state index contributed by atoms with van der Waals surface area (Å²) in [4.78, 5) is 77.1. The van der Waals surface area contributed by atoms with Crippen molar-refractivity contribution in [2.45, 2.75) is 211 Å². The first-order valence-electron chi connectivity index (χ1n) is 48.5. The van der Waals surface area contributed by atoms with Crippen LogP contribution < -0.4 is 36.6 Å². The van der Waals surface area contributed by atoms with Gasteiger partial charge in [-0.1, -0.05) is 219 Å². The van der Waals surface area contributed by atoms with Gasteiger partial charge < -0.3 is 56.2 Å². The van der Waals surface area contributed by atoms with E-state index in [1.165, 1.54) is 176 Å². The van der Waals surface area contributed by atoms with Crippen LogP contribution in [0, 0.1) is 36.5 Å². The third-order valence-electron chi connectivity index (χ3n) is 28.6. The SMILES string of the molecule is CC(=O)c1cccc(NC(=O)N[C@@H]2CCCC[C@H]2CN2CCC(Cc3ccccc3)CC2)c1.COc1cccc(NC(=O)NC2CCCCC2CN2CCC(Cc3ccccc3)CC2)c1.Cc1ccccc1CC(=O)N1CCC(N2CCC(Cc3cccc(Cl)c3Cl)CC2)CC1.O=C(NCC(c1ccc(C(F)(F)F)cc1)N1CCN(C2CCCCC2)CC1)Nc1cc(Cl)cc(Cl)c1.[HH].[HH]. The van der Waals surface area contributed by atoms with Crippen molar-refractivity contribution in [2.75, 3.05) is 121 Å². The number of alkyl halides is 3. The van der Waals surface area contributed by atoms with Gasteiger partial charge in [0.05, 0.1) is 35.2 Å². The molecule has 18 nitrogen and oxygen atoms in total. The molecule has 0 spiro atoms. The summed E-state index contributed by atoms with van der Waals surface area (Å²) >= 11 is 24.6. The van der Waals surface area contributed by atoms with Crippen LogP contribution in [0.2, 0.25) is 20.1 Å². The van der Waals surface area contributed by atoms with Gasteiger partial charge in [-0.25, -0.2) is 14.4 Å². The fraction of sp³-hybridized carbons (Fsp3) is 0.505. The summed E-state index contributed by atoms with van der Waals surface area (Å²) in [5.41, 5.74) is 8.98. The monoisotopic (exact) mass is 1890 g/mol. The largest absolute Gasteiger partial charge is 0.497 e. The number of amides is 7. The summed E-state index contributed by atoms with van der Waals surface area (Å²) in [5.74, 6) is 4.29. The van der Waals surface area contributed by atoms with E-state index in [0.29, 0.717) is 73.3 Å². The zero-order chi connectivity index (χ0) is 92.7. The van der Waals surface area contributed by atoms with Crippen molar-refractivity contribution < 1.29 is 44.7 Å². The van der Waals surface area contributed by atoms with E-state index in [-0.39, 0.29) is 51.3 Å². The molecule has 0 bridgehead atoms. The summed E-state index contributed by atoms with van der Waals surface area (Å²) in [6, 6.07) is 61.2. The molecule has 3 unspecified atom stereocenters. The van der Waals surface area contributed by atoms with Crippen molar-refractivity contribution in [2.24, 2.45) is 29.6 Å². The molecule has 0 aromatic heterocycles. The average Bonchev–Trinajstić information content (AvgIpc) is 0.758. The fourth-order valence-corrected chi connectivity index (χ4v) is 22.0. The van der Waals surface area contributed by atoms with Gasteiger partial charge in [-0.15, -0.1) is 0 Å². The van der Waals surface area contributed by atoms with Crippen LogP contribution in [0.15, 0.2) is 194 Å². The highest BCUT2D eigenvalue weighted by Crippen LogP contribution is 2.37. The van der Waals surface area contributed by atoms with Gasteiger partial charge >= 0.3 is 24.3 Å². The number of ether oxygens (including phenoxy) is 1. The maximum Gasteiger partial charge on any atom is 0.416 e. The molecule has 5 saturated heterocycles. The number of piperidine rings is 4. The molecule has 7 amide bonds. The van der Waals surface area contributed by atoms with E-state index < -0.39 is 17.8 Å². The highest BCUT2D eigenvalue weighted by molar-refractivity contribution is 6.42. The molecule has 714 valence electrons.